The molecule has 1 saturated heterocycles. The lowest BCUT2D eigenvalue weighted by atomic mass is 9.99. The van der Waals surface area contributed by atoms with Gasteiger partial charge >= 0.3 is 5.97 Å². The lowest BCUT2D eigenvalue weighted by molar-refractivity contribution is -0.305. The topological polar surface area (TPSA) is 135 Å². The number of unbranched alkanes of at least 4 members (excludes halogenated alkanes) is 18. The van der Waals surface area contributed by atoms with Gasteiger partial charge in [0.2, 0.25) is 0 Å². The van der Waals surface area contributed by atoms with E-state index < -0.39 is 43.4 Å². The molecule has 0 saturated carbocycles. The standard InChI is InChI=1S/C61H102O9/c1-3-5-7-9-11-13-15-17-19-21-23-25-26-27-28-29-31-33-35-37-39-41-43-45-47-49-51-67-53-55(54-68-61-60(66)59(65)58(64)56(52-62)70-61)69-57(63)50-48-46-44-42-40-38-36-34-32-30-24-22-20-18-16-14-12-10-8-6-4-2/h5-8,11-14,17-20,23-25,30,34,36,55-56,58-62,64-66H,3-4,9-10,15-16,21-22,26-29,31-33,35,37-54H2,1-2H3/b7-5-,8-6-,13-11-,14-12-,19-17-,20-18-,25-23-,30-24-,36-34-. The summed E-state index contributed by atoms with van der Waals surface area (Å²) in [6, 6.07) is 0. The molecule has 6 atom stereocenters. The fourth-order valence-electron chi connectivity index (χ4n) is 7.92. The van der Waals surface area contributed by atoms with Crippen molar-refractivity contribution in [2.75, 3.05) is 26.4 Å². The van der Waals surface area contributed by atoms with Crippen molar-refractivity contribution in [3.8, 4) is 0 Å². The summed E-state index contributed by atoms with van der Waals surface area (Å²) in [4.78, 5) is 12.9. The zero-order chi connectivity index (χ0) is 50.6. The van der Waals surface area contributed by atoms with Gasteiger partial charge in [-0.3, -0.25) is 4.79 Å². The third kappa shape index (κ3) is 40.4. The number of rotatable bonds is 47. The van der Waals surface area contributed by atoms with Crippen molar-refractivity contribution in [3.63, 3.8) is 0 Å². The number of aliphatic hydroxyl groups is 4. The summed E-state index contributed by atoms with van der Waals surface area (Å²) in [5, 5.41) is 40.3. The molecule has 0 bridgehead atoms. The van der Waals surface area contributed by atoms with Crippen LogP contribution in [0.25, 0.3) is 0 Å². The van der Waals surface area contributed by atoms with Gasteiger partial charge in [-0.1, -0.05) is 213 Å². The van der Waals surface area contributed by atoms with E-state index in [0.717, 1.165) is 109 Å². The van der Waals surface area contributed by atoms with Crippen LogP contribution in [-0.2, 0) is 23.7 Å². The molecule has 0 aliphatic carbocycles. The molecule has 0 aromatic rings. The Bertz CT molecular complexity index is 1440. The Labute approximate surface area is 427 Å². The predicted octanol–water partition coefficient (Wildman–Crippen LogP) is 14.5. The normalized spacial score (nSPS) is 19.8. The smallest absolute Gasteiger partial charge is 0.306 e. The lowest BCUT2D eigenvalue weighted by Gasteiger charge is -2.39. The van der Waals surface area contributed by atoms with Gasteiger partial charge in [0.1, 0.15) is 30.5 Å². The molecular weight excluding hydrogens is 877 g/mol. The van der Waals surface area contributed by atoms with Crippen molar-refractivity contribution in [1.29, 1.82) is 0 Å². The van der Waals surface area contributed by atoms with Crippen LogP contribution in [0.2, 0.25) is 0 Å². The number of hydrogen-bond acceptors (Lipinski definition) is 9. The minimum absolute atomic E-state index is 0.128. The maximum absolute atomic E-state index is 12.9. The molecule has 0 spiro atoms. The number of esters is 1. The van der Waals surface area contributed by atoms with Crippen LogP contribution in [0.4, 0.5) is 0 Å². The summed E-state index contributed by atoms with van der Waals surface area (Å²) >= 11 is 0. The summed E-state index contributed by atoms with van der Waals surface area (Å²) in [5.74, 6) is -0.335. The molecule has 1 aliphatic heterocycles. The van der Waals surface area contributed by atoms with E-state index >= 15 is 0 Å². The van der Waals surface area contributed by atoms with Crippen molar-refractivity contribution in [1.82, 2.24) is 0 Å². The van der Waals surface area contributed by atoms with Gasteiger partial charge in [0.15, 0.2) is 6.29 Å². The van der Waals surface area contributed by atoms with Crippen LogP contribution < -0.4 is 0 Å². The molecule has 400 valence electrons. The monoisotopic (exact) mass is 979 g/mol. The molecule has 4 N–H and O–H groups in total. The number of carbonyl (C=O) groups excluding carboxylic acids is 1. The van der Waals surface area contributed by atoms with Crippen LogP contribution in [0.15, 0.2) is 109 Å². The summed E-state index contributed by atoms with van der Waals surface area (Å²) in [7, 11) is 0. The van der Waals surface area contributed by atoms with Gasteiger partial charge in [0.05, 0.1) is 19.8 Å². The first-order chi connectivity index (χ1) is 34.4. The van der Waals surface area contributed by atoms with Gasteiger partial charge in [-0.05, 0) is 96.3 Å². The van der Waals surface area contributed by atoms with E-state index in [4.69, 9.17) is 18.9 Å². The number of aliphatic hydroxyl groups excluding tert-OH is 4. The minimum Gasteiger partial charge on any atom is -0.457 e. The van der Waals surface area contributed by atoms with Gasteiger partial charge in [-0.25, -0.2) is 0 Å². The third-order valence-electron chi connectivity index (χ3n) is 12.2. The molecule has 0 amide bonds. The first-order valence-corrected chi connectivity index (χ1v) is 28.0. The first kappa shape index (κ1) is 64.9. The maximum Gasteiger partial charge on any atom is 0.306 e. The molecule has 1 fully saturated rings. The highest BCUT2D eigenvalue weighted by molar-refractivity contribution is 5.69. The van der Waals surface area contributed by atoms with Gasteiger partial charge in [0, 0.05) is 13.0 Å². The van der Waals surface area contributed by atoms with Crippen molar-refractivity contribution in [2.24, 2.45) is 0 Å². The van der Waals surface area contributed by atoms with Crippen molar-refractivity contribution in [2.45, 2.75) is 243 Å². The largest absolute Gasteiger partial charge is 0.457 e. The molecule has 0 radical (unpaired) electrons. The molecule has 9 heteroatoms. The molecular formula is C61H102O9. The zero-order valence-electron chi connectivity index (χ0n) is 44.2. The Morgan fingerprint density at radius 3 is 1.24 bits per heavy atom. The number of ether oxygens (including phenoxy) is 4. The number of allylic oxidation sites excluding steroid dienone is 18. The summed E-state index contributed by atoms with van der Waals surface area (Å²) in [5.41, 5.74) is 0. The molecule has 1 heterocycles. The Morgan fingerprint density at radius 1 is 0.457 bits per heavy atom. The number of carbonyl (C=O) groups is 1. The molecule has 0 aromatic carbocycles. The summed E-state index contributed by atoms with van der Waals surface area (Å²) in [6.45, 7) is 4.30. The van der Waals surface area contributed by atoms with E-state index in [0.29, 0.717) is 13.0 Å². The summed E-state index contributed by atoms with van der Waals surface area (Å²) < 4.78 is 22.9. The molecule has 0 aromatic heterocycles. The van der Waals surface area contributed by atoms with Gasteiger partial charge in [-0.2, -0.15) is 0 Å². The van der Waals surface area contributed by atoms with E-state index in [2.05, 4.69) is 123 Å². The quantitative estimate of drug-likeness (QED) is 0.0267. The minimum atomic E-state index is -1.55. The third-order valence-corrected chi connectivity index (χ3v) is 12.2. The average molecular weight is 979 g/mol. The number of hydrogen-bond donors (Lipinski definition) is 4. The second-order valence-corrected chi connectivity index (χ2v) is 18.6. The Balaban J connectivity index is 2.19. The molecule has 1 aliphatic rings. The molecule has 6 unspecified atom stereocenters. The zero-order valence-corrected chi connectivity index (χ0v) is 44.2. The fourth-order valence-corrected chi connectivity index (χ4v) is 7.92. The van der Waals surface area contributed by atoms with Crippen molar-refractivity contribution < 1.29 is 44.2 Å². The van der Waals surface area contributed by atoms with Crippen molar-refractivity contribution >= 4 is 5.97 Å². The molecule has 9 nitrogen and oxygen atoms in total. The predicted molar refractivity (Wildman–Crippen MR) is 293 cm³/mol. The van der Waals surface area contributed by atoms with Gasteiger partial charge in [0.25, 0.3) is 0 Å². The first-order valence-electron chi connectivity index (χ1n) is 28.0. The average Bonchev–Trinajstić information content (AvgIpc) is 3.36. The Morgan fingerprint density at radius 2 is 0.829 bits per heavy atom. The van der Waals surface area contributed by atoms with E-state index in [1.807, 2.05) is 0 Å². The highest BCUT2D eigenvalue weighted by Gasteiger charge is 2.44. The van der Waals surface area contributed by atoms with Crippen LogP contribution in [0, 0.1) is 0 Å². The van der Waals surface area contributed by atoms with E-state index in [-0.39, 0.29) is 19.2 Å². The van der Waals surface area contributed by atoms with Crippen LogP contribution in [0.3, 0.4) is 0 Å². The van der Waals surface area contributed by atoms with Gasteiger partial charge < -0.3 is 39.4 Å². The van der Waals surface area contributed by atoms with E-state index in [9.17, 15) is 25.2 Å². The molecule has 70 heavy (non-hydrogen) atoms. The van der Waals surface area contributed by atoms with Crippen molar-refractivity contribution in [3.05, 3.63) is 109 Å². The van der Waals surface area contributed by atoms with Gasteiger partial charge in [-0.15, -0.1) is 0 Å². The highest BCUT2D eigenvalue weighted by Crippen LogP contribution is 2.23. The van der Waals surface area contributed by atoms with Crippen LogP contribution in [0.1, 0.15) is 206 Å². The fraction of sp³-hybridized carbons (Fsp3) is 0.689. The van der Waals surface area contributed by atoms with E-state index in [1.54, 1.807) is 0 Å². The van der Waals surface area contributed by atoms with Crippen LogP contribution in [-0.4, -0.2) is 89.6 Å². The SMILES string of the molecule is CC/C=C\C/C=C\C/C=C\C/C=C\C/C=C\CCCCCCCC(=O)OC(COCCCCCCCCCCCCCCC/C=C\C/C=C\C/C=C\C/C=C\CC)COC1OC(CO)C(O)C(O)C1O. The Hall–Kier alpha value is -3.15. The van der Waals surface area contributed by atoms with E-state index in [1.165, 1.54) is 77.0 Å². The Kier molecular flexibility index (Phi) is 47.1. The second-order valence-electron chi connectivity index (χ2n) is 18.6. The summed E-state index contributed by atoms with van der Waals surface area (Å²) in [6.07, 6.45) is 65.5. The maximum atomic E-state index is 12.9. The van der Waals surface area contributed by atoms with Crippen LogP contribution in [0.5, 0.6) is 0 Å². The van der Waals surface area contributed by atoms with Crippen LogP contribution >= 0.6 is 0 Å². The lowest BCUT2D eigenvalue weighted by Crippen LogP contribution is -2.59. The second kappa shape index (κ2) is 50.8. The highest BCUT2D eigenvalue weighted by atomic mass is 16.7. The molecule has 1 rings (SSSR count).